The highest BCUT2D eigenvalue weighted by Crippen LogP contribution is 2.15. The van der Waals surface area contributed by atoms with Crippen LogP contribution in [-0.2, 0) is 4.84 Å². The van der Waals surface area contributed by atoms with Crippen molar-refractivity contribution in [1.29, 1.82) is 0 Å². The Morgan fingerprint density at radius 3 is 2.79 bits per heavy atom. The molecule has 1 aliphatic rings. The van der Waals surface area contributed by atoms with Crippen molar-refractivity contribution in [3.8, 4) is 0 Å². The Balaban J connectivity index is 1.97. The van der Waals surface area contributed by atoms with E-state index in [2.05, 4.69) is 12.1 Å². The quantitative estimate of drug-likeness (QED) is 0.640. The lowest BCUT2D eigenvalue weighted by Gasteiger charge is -2.01. The molecule has 0 saturated carbocycles. The summed E-state index contributed by atoms with van der Waals surface area (Å²) in [6.45, 7) is 2.31. The molecule has 0 amide bonds. The van der Waals surface area contributed by atoms with E-state index in [0.29, 0.717) is 0 Å². The zero-order chi connectivity index (χ0) is 10.2. The van der Waals surface area contributed by atoms with Gasteiger partial charge in [-0.15, -0.1) is 0 Å². The van der Waals surface area contributed by atoms with Crippen LogP contribution in [-0.4, -0.2) is 23.5 Å². The molecular formula is C11H21NO2. The van der Waals surface area contributed by atoms with E-state index < -0.39 is 0 Å². The van der Waals surface area contributed by atoms with E-state index in [1.54, 1.807) is 0 Å². The first-order valence-electron chi connectivity index (χ1n) is 5.69. The SMILES string of the molecule is CCCCCCCC1=NOC(CO)C1. The van der Waals surface area contributed by atoms with E-state index in [1.165, 1.54) is 32.1 Å². The second-order valence-corrected chi connectivity index (χ2v) is 3.94. The van der Waals surface area contributed by atoms with E-state index in [-0.39, 0.29) is 12.7 Å². The smallest absolute Gasteiger partial charge is 0.155 e. The maximum Gasteiger partial charge on any atom is 0.155 e. The van der Waals surface area contributed by atoms with Gasteiger partial charge in [-0.25, -0.2) is 0 Å². The third-order valence-electron chi connectivity index (χ3n) is 2.57. The Morgan fingerprint density at radius 2 is 2.14 bits per heavy atom. The molecule has 82 valence electrons. The predicted molar refractivity (Wildman–Crippen MR) is 57.4 cm³/mol. The fourth-order valence-electron chi connectivity index (χ4n) is 1.66. The van der Waals surface area contributed by atoms with Gasteiger partial charge in [-0.05, 0) is 12.8 Å². The first-order chi connectivity index (χ1) is 6.86. The number of rotatable bonds is 7. The number of aliphatic hydroxyl groups excluding tert-OH is 1. The van der Waals surface area contributed by atoms with Crippen LogP contribution in [0.5, 0.6) is 0 Å². The molecule has 1 aliphatic heterocycles. The average Bonchev–Trinajstić information content (AvgIpc) is 2.65. The van der Waals surface area contributed by atoms with Crippen LogP contribution in [0.15, 0.2) is 5.16 Å². The molecule has 1 heterocycles. The molecule has 3 heteroatoms. The summed E-state index contributed by atoms with van der Waals surface area (Å²) in [5.41, 5.74) is 1.13. The van der Waals surface area contributed by atoms with Crippen LogP contribution in [0, 0.1) is 0 Å². The van der Waals surface area contributed by atoms with Crippen LogP contribution in [0.2, 0.25) is 0 Å². The fraction of sp³-hybridized carbons (Fsp3) is 0.909. The van der Waals surface area contributed by atoms with Crippen molar-refractivity contribution in [1.82, 2.24) is 0 Å². The molecule has 0 saturated heterocycles. The Kier molecular flexibility index (Phi) is 5.60. The molecular weight excluding hydrogens is 178 g/mol. The van der Waals surface area contributed by atoms with E-state index >= 15 is 0 Å². The monoisotopic (exact) mass is 199 g/mol. The standard InChI is InChI=1S/C11H21NO2/c1-2-3-4-5-6-7-10-8-11(9-13)14-12-10/h11,13H,2-9H2,1H3. The highest BCUT2D eigenvalue weighted by Gasteiger charge is 2.18. The fourth-order valence-corrected chi connectivity index (χ4v) is 1.66. The van der Waals surface area contributed by atoms with Gasteiger partial charge in [-0.2, -0.15) is 0 Å². The molecule has 0 spiro atoms. The molecule has 0 aromatic carbocycles. The molecule has 0 aliphatic carbocycles. The Hall–Kier alpha value is -0.570. The van der Waals surface area contributed by atoms with E-state index in [1.807, 2.05) is 0 Å². The number of hydrogen-bond acceptors (Lipinski definition) is 3. The van der Waals surface area contributed by atoms with Crippen LogP contribution in [0.3, 0.4) is 0 Å². The van der Waals surface area contributed by atoms with E-state index in [0.717, 1.165) is 18.6 Å². The van der Waals surface area contributed by atoms with Crippen molar-refractivity contribution >= 4 is 5.71 Å². The minimum absolute atomic E-state index is 0.0689. The number of nitrogens with zero attached hydrogens (tertiary/aromatic N) is 1. The summed E-state index contributed by atoms with van der Waals surface area (Å²) in [6.07, 6.45) is 8.25. The summed E-state index contributed by atoms with van der Waals surface area (Å²) in [6, 6.07) is 0. The zero-order valence-electron chi connectivity index (χ0n) is 9.04. The molecule has 1 N–H and O–H groups in total. The van der Waals surface area contributed by atoms with Crippen LogP contribution >= 0.6 is 0 Å². The van der Waals surface area contributed by atoms with Crippen molar-refractivity contribution in [3.63, 3.8) is 0 Å². The van der Waals surface area contributed by atoms with Gasteiger partial charge in [0.15, 0.2) is 6.10 Å². The number of hydrogen-bond donors (Lipinski definition) is 1. The summed E-state index contributed by atoms with van der Waals surface area (Å²) in [5.74, 6) is 0. The first kappa shape index (κ1) is 11.5. The summed E-state index contributed by atoms with van der Waals surface area (Å²) in [4.78, 5) is 5.03. The first-order valence-corrected chi connectivity index (χ1v) is 5.69. The second kappa shape index (κ2) is 6.82. The van der Waals surface area contributed by atoms with Crippen molar-refractivity contribution in [2.24, 2.45) is 5.16 Å². The number of oxime groups is 1. The van der Waals surface area contributed by atoms with E-state index in [4.69, 9.17) is 9.94 Å². The summed E-state index contributed by atoms with van der Waals surface area (Å²) in [7, 11) is 0. The Labute approximate surface area is 86.1 Å². The lowest BCUT2D eigenvalue weighted by atomic mass is 10.1. The molecule has 0 aromatic rings. The minimum Gasteiger partial charge on any atom is -0.392 e. The largest absolute Gasteiger partial charge is 0.392 e. The molecule has 1 rings (SSSR count). The highest BCUT2D eigenvalue weighted by molar-refractivity contribution is 5.85. The lowest BCUT2D eigenvalue weighted by molar-refractivity contribution is 0.0390. The Bertz CT molecular complexity index is 180. The minimum atomic E-state index is -0.0689. The van der Waals surface area contributed by atoms with Crippen molar-refractivity contribution < 1.29 is 9.94 Å². The molecule has 0 radical (unpaired) electrons. The van der Waals surface area contributed by atoms with Crippen LogP contribution in [0.25, 0.3) is 0 Å². The second-order valence-electron chi connectivity index (χ2n) is 3.94. The van der Waals surface area contributed by atoms with Crippen molar-refractivity contribution in [3.05, 3.63) is 0 Å². The van der Waals surface area contributed by atoms with E-state index in [9.17, 15) is 0 Å². The Morgan fingerprint density at radius 1 is 1.36 bits per heavy atom. The summed E-state index contributed by atoms with van der Waals surface area (Å²) < 4.78 is 0. The lowest BCUT2D eigenvalue weighted by Crippen LogP contribution is -2.12. The number of unbranched alkanes of at least 4 members (excludes halogenated alkanes) is 4. The molecule has 0 aromatic heterocycles. The van der Waals surface area contributed by atoms with Crippen molar-refractivity contribution in [2.45, 2.75) is 58.0 Å². The molecule has 0 fully saturated rings. The number of aliphatic hydroxyl groups is 1. The zero-order valence-corrected chi connectivity index (χ0v) is 9.04. The maximum atomic E-state index is 8.83. The van der Waals surface area contributed by atoms with Crippen LogP contribution in [0.1, 0.15) is 51.9 Å². The molecule has 1 atom stereocenters. The third kappa shape index (κ3) is 4.09. The molecule has 0 bridgehead atoms. The normalized spacial score (nSPS) is 20.7. The van der Waals surface area contributed by atoms with Gasteiger partial charge in [-0.1, -0.05) is 37.8 Å². The summed E-state index contributed by atoms with van der Waals surface area (Å²) >= 11 is 0. The molecule has 1 unspecified atom stereocenters. The van der Waals surface area contributed by atoms with Gasteiger partial charge in [0.05, 0.1) is 12.3 Å². The van der Waals surface area contributed by atoms with Gasteiger partial charge in [0, 0.05) is 6.42 Å². The van der Waals surface area contributed by atoms with Gasteiger partial charge in [0.2, 0.25) is 0 Å². The summed E-state index contributed by atoms with van der Waals surface area (Å²) in [5, 5.41) is 12.8. The van der Waals surface area contributed by atoms with Gasteiger partial charge in [0.25, 0.3) is 0 Å². The third-order valence-corrected chi connectivity index (χ3v) is 2.57. The molecule has 3 nitrogen and oxygen atoms in total. The topological polar surface area (TPSA) is 41.8 Å². The average molecular weight is 199 g/mol. The van der Waals surface area contributed by atoms with Gasteiger partial charge in [-0.3, -0.25) is 0 Å². The van der Waals surface area contributed by atoms with Gasteiger partial charge < -0.3 is 9.94 Å². The van der Waals surface area contributed by atoms with Crippen molar-refractivity contribution in [2.75, 3.05) is 6.61 Å². The van der Waals surface area contributed by atoms with Gasteiger partial charge in [0.1, 0.15) is 0 Å². The predicted octanol–water partition coefficient (Wildman–Crippen LogP) is 2.48. The highest BCUT2D eigenvalue weighted by atomic mass is 16.6. The van der Waals surface area contributed by atoms with Crippen LogP contribution in [0.4, 0.5) is 0 Å². The molecule has 14 heavy (non-hydrogen) atoms. The maximum absolute atomic E-state index is 8.83. The van der Waals surface area contributed by atoms with Crippen LogP contribution < -0.4 is 0 Å². The van der Waals surface area contributed by atoms with Gasteiger partial charge >= 0.3 is 0 Å².